The molecule has 1 aromatic heterocycles. The van der Waals surface area contributed by atoms with E-state index in [0.29, 0.717) is 5.69 Å². The number of carboxylic acids is 1. The zero-order valence-electron chi connectivity index (χ0n) is 11.0. The summed E-state index contributed by atoms with van der Waals surface area (Å²) in [6, 6.07) is 5.00. The predicted octanol–water partition coefficient (Wildman–Crippen LogP) is 2.42. The number of benzene rings is 1. The van der Waals surface area contributed by atoms with Crippen LogP contribution in [-0.2, 0) is 7.05 Å². The Hall–Kier alpha value is -2.63. The molecule has 0 radical (unpaired) electrons. The number of amides is 1. The molecule has 0 aliphatic carbocycles. The van der Waals surface area contributed by atoms with E-state index in [2.05, 4.69) is 5.32 Å². The van der Waals surface area contributed by atoms with Crippen LogP contribution in [0.4, 0.5) is 10.1 Å². The maximum Gasteiger partial charge on any atom is 0.335 e. The Bertz CT molecular complexity index is 672. The lowest BCUT2D eigenvalue weighted by atomic mass is 10.2. The zero-order chi connectivity index (χ0) is 14.9. The van der Waals surface area contributed by atoms with Crippen LogP contribution in [0.5, 0.6) is 0 Å². The van der Waals surface area contributed by atoms with Crippen molar-refractivity contribution in [2.45, 2.75) is 6.92 Å². The molecular weight excluding hydrogens is 263 g/mol. The Morgan fingerprint density at radius 2 is 2.00 bits per heavy atom. The molecule has 0 unspecified atom stereocenters. The number of nitrogens with one attached hydrogen (secondary N) is 1. The minimum Gasteiger partial charge on any atom is -0.478 e. The normalized spacial score (nSPS) is 10.3. The van der Waals surface area contributed by atoms with Crippen molar-refractivity contribution in [2.75, 3.05) is 5.32 Å². The Kier molecular flexibility index (Phi) is 3.56. The molecule has 1 aromatic carbocycles. The molecule has 2 rings (SSSR count). The summed E-state index contributed by atoms with van der Waals surface area (Å²) in [5.41, 5.74) is 0.894. The van der Waals surface area contributed by atoms with Crippen LogP contribution in [0.3, 0.4) is 0 Å². The number of aryl methyl sites for hydroxylation is 2. The summed E-state index contributed by atoms with van der Waals surface area (Å²) in [7, 11) is 1.70. The lowest BCUT2D eigenvalue weighted by Crippen LogP contribution is -2.17. The molecule has 0 bridgehead atoms. The van der Waals surface area contributed by atoms with Crippen molar-refractivity contribution in [1.29, 1.82) is 0 Å². The smallest absolute Gasteiger partial charge is 0.335 e. The number of carbonyl (C=O) groups is 2. The van der Waals surface area contributed by atoms with Crippen LogP contribution < -0.4 is 5.32 Å². The van der Waals surface area contributed by atoms with Crippen molar-refractivity contribution in [3.05, 3.63) is 53.1 Å². The van der Waals surface area contributed by atoms with Crippen molar-refractivity contribution >= 4 is 17.6 Å². The van der Waals surface area contributed by atoms with E-state index in [-0.39, 0.29) is 11.3 Å². The quantitative estimate of drug-likeness (QED) is 0.904. The van der Waals surface area contributed by atoms with E-state index >= 15 is 0 Å². The summed E-state index contributed by atoms with van der Waals surface area (Å²) in [5, 5.41) is 11.3. The number of aromatic carboxylic acids is 1. The molecule has 0 spiro atoms. The standard InChI is InChI=1S/C14H13FN2O3/c1-8-5-6-17(2)12(8)13(18)16-11-7-9(14(19)20)3-4-10(11)15/h3-7H,1-2H3,(H,16,18)(H,19,20). The third-order valence-corrected chi connectivity index (χ3v) is 2.95. The van der Waals surface area contributed by atoms with Gasteiger partial charge in [0.25, 0.3) is 5.91 Å². The van der Waals surface area contributed by atoms with E-state index < -0.39 is 17.7 Å². The Labute approximate surface area is 114 Å². The molecule has 2 N–H and O–H groups in total. The summed E-state index contributed by atoms with van der Waals surface area (Å²) in [6.07, 6.45) is 1.72. The molecule has 0 aliphatic rings. The van der Waals surface area contributed by atoms with Gasteiger partial charge in [-0.3, -0.25) is 4.79 Å². The first kappa shape index (κ1) is 13.8. The van der Waals surface area contributed by atoms with Crippen LogP contribution in [0.1, 0.15) is 26.4 Å². The topological polar surface area (TPSA) is 71.3 Å². The van der Waals surface area contributed by atoms with Crippen molar-refractivity contribution in [1.82, 2.24) is 4.57 Å². The summed E-state index contributed by atoms with van der Waals surface area (Å²) in [5.74, 6) is -2.36. The number of rotatable bonds is 3. The molecule has 0 atom stereocenters. The van der Waals surface area contributed by atoms with E-state index in [9.17, 15) is 14.0 Å². The second kappa shape index (κ2) is 5.16. The Morgan fingerprint density at radius 1 is 1.30 bits per heavy atom. The van der Waals surface area contributed by atoms with Crippen LogP contribution in [-0.4, -0.2) is 21.6 Å². The number of nitrogens with zero attached hydrogens (tertiary/aromatic N) is 1. The van der Waals surface area contributed by atoms with Gasteiger partial charge in [-0.15, -0.1) is 0 Å². The molecule has 1 amide bonds. The molecule has 0 saturated carbocycles. The van der Waals surface area contributed by atoms with Gasteiger partial charge in [-0.1, -0.05) is 0 Å². The Balaban J connectivity index is 2.33. The fraction of sp³-hybridized carbons (Fsp3) is 0.143. The molecule has 0 fully saturated rings. The molecule has 0 aliphatic heterocycles. The average Bonchev–Trinajstić information content (AvgIpc) is 2.71. The second-order valence-electron chi connectivity index (χ2n) is 4.41. The summed E-state index contributed by atoms with van der Waals surface area (Å²) in [6.45, 7) is 1.76. The van der Waals surface area contributed by atoms with Crippen LogP contribution in [0.15, 0.2) is 30.5 Å². The number of aromatic nitrogens is 1. The highest BCUT2D eigenvalue weighted by molar-refractivity contribution is 6.04. The summed E-state index contributed by atoms with van der Waals surface area (Å²) < 4.78 is 15.2. The van der Waals surface area contributed by atoms with Gasteiger partial charge in [-0.25, -0.2) is 9.18 Å². The van der Waals surface area contributed by atoms with Crippen LogP contribution in [0.25, 0.3) is 0 Å². The first-order valence-electron chi connectivity index (χ1n) is 5.86. The number of carbonyl (C=O) groups excluding carboxylic acids is 1. The van der Waals surface area contributed by atoms with Gasteiger partial charge in [0.05, 0.1) is 11.3 Å². The summed E-state index contributed by atoms with van der Waals surface area (Å²) in [4.78, 5) is 23.0. The fourth-order valence-electron chi connectivity index (χ4n) is 1.93. The van der Waals surface area contributed by atoms with Crippen molar-refractivity contribution < 1.29 is 19.1 Å². The molecule has 104 valence electrons. The van der Waals surface area contributed by atoms with Crippen LogP contribution in [0, 0.1) is 12.7 Å². The molecule has 0 saturated heterocycles. The van der Waals surface area contributed by atoms with Gasteiger partial charge < -0.3 is 15.0 Å². The Morgan fingerprint density at radius 3 is 2.55 bits per heavy atom. The third kappa shape index (κ3) is 2.54. The molecule has 6 heteroatoms. The molecule has 1 heterocycles. The molecular formula is C14H13FN2O3. The lowest BCUT2D eigenvalue weighted by Gasteiger charge is -2.09. The monoisotopic (exact) mass is 276 g/mol. The van der Waals surface area contributed by atoms with Gasteiger partial charge >= 0.3 is 5.97 Å². The maximum atomic E-state index is 13.6. The van der Waals surface area contributed by atoms with Crippen LogP contribution >= 0.6 is 0 Å². The largest absolute Gasteiger partial charge is 0.478 e. The van der Waals surface area contributed by atoms with E-state index in [1.807, 2.05) is 0 Å². The molecule has 20 heavy (non-hydrogen) atoms. The number of hydrogen-bond donors (Lipinski definition) is 2. The SMILES string of the molecule is Cc1ccn(C)c1C(=O)Nc1cc(C(=O)O)ccc1F. The first-order valence-corrected chi connectivity index (χ1v) is 5.86. The highest BCUT2D eigenvalue weighted by Crippen LogP contribution is 2.18. The minimum absolute atomic E-state index is 0.0923. The van der Waals surface area contributed by atoms with Gasteiger partial charge in [-0.05, 0) is 36.8 Å². The van der Waals surface area contributed by atoms with Gasteiger partial charge in [0.2, 0.25) is 0 Å². The first-order chi connectivity index (χ1) is 9.40. The van der Waals surface area contributed by atoms with Crippen LogP contribution in [0.2, 0.25) is 0 Å². The van der Waals surface area contributed by atoms with Crippen molar-refractivity contribution in [3.8, 4) is 0 Å². The number of halogens is 1. The van der Waals surface area contributed by atoms with Crippen molar-refractivity contribution in [3.63, 3.8) is 0 Å². The second-order valence-corrected chi connectivity index (χ2v) is 4.41. The van der Waals surface area contributed by atoms with E-state index in [1.54, 1.807) is 30.8 Å². The van der Waals surface area contributed by atoms with Gasteiger partial charge in [0.1, 0.15) is 11.5 Å². The van der Waals surface area contributed by atoms with E-state index in [4.69, 9.17) is 5.11 Å². The maximum absolute atomic E-state index is 13.6. The highest BCUT2D eigenvalue weighted by Gasteiger charge is 2.16. The van der Waals surface area contributed by atoms with Gasteiger partial charge in [0, 0.05) is 13.2 Å². The van der Waals surface area contributed by atoms with Gasteiger partial charge in [-0.2, -0.15) is 0 Å². The minimum atomic E-state index is -1.18. The highest BCUT2D eigenvalue weighted by atomic mass is 19.1. The number of anilines is 1. The lowest BCUT2D eigenvalue weighted by molar-refractivity contribution is 0.0696. The number of hydrogen-bond acceptors (Lipinski definition) is 2. The summed E-state index contributed by atoms with van der Waals surface area (Å²) >= 11 is 0. The van der Waals surface area contributed by atoms with E-state index in [0.717, 1.165) is 23.8 Å². The number of carboxylic acid groups (broad SMARTS) is 1. The molecule has 5 nitrogen and oxygen atoms in total. The predicted molar refractivity (Wildman–Crippen MR) is 71.5 cm³/mol. The zero-order valence-corrected chi connectivity index (χ0v) is 11.0. The van der Waals surface area contributed by atoms with Gasteiger partial charge in [0.15, 0.2) is 0 Å². The molecule has 2 aromatic rings. The fourth-order valence-corrected chi connectivity index (χ4v) is 1.93. The average molecular weight is 276 g/mol. The van der Waals surface area contributed by atoms with Crippen molar-refractivity contribution in [2.24, 2.45) is 7.05 Å². The van der Waals surface area contributed by atoms with E-state index in [1.165, 1.54) is 0 Å². The third-order valence-electron chi connectivity index (χ3n) is 2.95.